The Bertz CT molecular complexity index is 568. The number of aliphatic carboxylic acids is 1. The van der Waals surface area contributed by atoms with Crippen molar-refractivity contribution < 1.29 is 24.2 Å². The predicted octanol–water partition coefficient (Wildman–Crippen LogP) is 0.895. The molecule has 0 aliphatic carbocycles. The number of carbonyl (C=O) groups is 3. The third-order valence-electron chi connectivity index (χ3n) is 3.96. The van der Waals surface area contributed by atoms with Gasteiger partial charge in [-0.15, -0.1) is 0 Å². The smallest absolute Gasteiger partial charge is 0.322 e. The van der Waals surface area contributed by atoms with Gasteiger partial charge < -0.3 is 20.1 Å². The summed E-state index contributed by atoms with van der Waals surface area (Å²) in [7, 11) is 0. The van der Waals surface area contributed by atoms with Gasteiger partial charge in [0.2, 0.25) is 11.8 Å². The Hall–Kier alpha value is -2.57. The Morgan fingerprint density at radius 1 is 1.17 bits per heavy atom. The number of benzene rings is 1. The minimum absolute atomic E-state index is 0.00956. The summed E-state index contributed by atoms with van der Waals surface area (Å²) in [6.07, 6.45) is 1.40. The van der Waals surface area contributed by atoms with E-state index in [9.17, 15) is 14.4 Å². The van der Waals surface area contributed by atoms with Crippen molar-refractivity contribution in [2.45, 2.75) is 19.3 Å². The molecule has 0 radical (unpaired) electrons. The van der Waals surface area contributed by atoms with Crippen molar-refractivity contribution in [3.63, 3.8) is 0 Å². The van der Waals surface area contributed by atoms with Crippen LogP contribution >= 0.6 is 0 Å². The fraction of sp³-hybridized carbons (Fsp3) is 0.471. The molecule has 0 atom stereocenters. The maximum absolute atomic E-state index is 12.1. The lowest BCUT2D eigenvalue weighted by Crippen LogP contribution is -2.44. The van der Waals surface area contributed by atoms with Crippen molar-refractivity contribution in [1.82, 2.24) is 10.2 Å². The lowest BCUT2D eigenvalue weighted by atomic mass is 9.95. The lowest BCUT2D eigenvalue weighted by Gasteiger charge is -2.31. The van der Waals surface area contributed by atoms with Gasteiger partial charge in [0.25, 0.3) is 0 Å². The molecule has 1 saturated heterocycles. The number of amides is 2. The molecule has 1 aliphatic rings. The average Bonchev–Trinajstić information content (AvgIpc) is 2.60. The summed E-state index contributed by atoms with van der Waals surface area (Å²) in [6.45, 7) is 0.974. The van der Waals surface area contributed by atoms with Gasteiger partial charge in [0.05, 0.1) is 13.0 Å². The Morgan fingerprint density at radius 2 is 1.83 bits per heavy atom. The number of para-hydroxylation sites is 1. The summed E-state index contributed by atoms with van der Waals surface area (Å²) >= 11 is 0. The van der Waals surface area contributed by atoms with Crippen LogP contribution in [0.1, 0.15) is 19.3 Å². The van der Waals surface area contributed by atoms with E-state index in [1.165, 1.54) is 0 Å². The Balaban J connectivity index is 1.67. The fourth-order valence-corrected chi connectivity index (χ4v) is 2.63. The molecule has 1 aromatic carbocycles. The molecule has 2 rings (SSSR count). The number of hydrogen-bond acceptors (Lipinski definition) is 4. The molecule has 24 heavy (non-hydrogen) atoms. The van der Waals surface area contributed by atoms with E-state index in [4.69, 9.17) is 9.84 Å². The number of nitrogens with one attached hydrogen (secondary N) is 1. The van der Waals surface area contributed by atoms with E-state index in [2.05, 4.69) is 5.32 Å². The van der Waals surface area contributed by atoms with Crippen molar-refractivity contribution in [3.05, 3.63) is 30.3 Å². The van der Waals surface area contributed by atoms with Gasteiger partial charge in [-0.3, -0.25) is 14.4 Å². The summed E-state index contributed by atoms with van der Waals surface area (Å²) in [5.41, 5.74) is 0. The van der Waals surface area contributed by atoms with Gasteiger partial charge in [-0.2, -0.15) is 0 Å². The number of ether oxygens (including phenoxy) is 1. The topological polar surface area (TPSA) is 95.9 Å². The highest BCUT2D eigenvalue weighted by molar-refractivity contribution is 5.83. The normalized spacial score (nSPS) is 14.9. The first-order valence-electron chi connectivity index (χ1n) is 8.01. The highest BCUT2D eigenvalue weighted by atomic mass is 16.5. The molecular formula is C17H22N2O5. The molecule has 2 amide bonds. The minimum atomic E-state index is -1.06. The van der Waals surface area contributed by atoms with Crippen LogP contribution < -0.4 is 10.1 Å². The van der Waals surface area contributed by atoms with Crippen LogP contribution in [-0.2, 0) is 14.4 Å². The number of carbonyl (C=O) groups excluding carboxylic acids is 2. The molecule has 0 aromatic heterocycles. The standard InChI is InChI=1S/C17H22N2O5/c20-15(8-11-24-14-4-2-1-3-5-14)19-9-6-13(7-10-19)17(23)18-12-16(21)22/h1-5,13H,6-12H2,(H,18,23)(H,21,22). The zero-order valence-corrected chi connectivity index (χ0v) is 13.4. The third kappa shape index (κ3) is 5.57. The van der Waals surface area contributed by atoms with Gasteiger partial charge in [0, 0.05) is 19.0 Å². The van der Waals surface area contributed by atoms with E-state index < -0.39 is 5.97 Å². The van der Waals surface area contributed by atoms with Crippen molar-refractivity contribution in [1.29, 1.82) is 0 Å². The quantitative estimate of drug-likeness (QED) is 0.772. The number of hydrogen-bond donors (Lipinski definition) is 2. The van der Waals surface area contributed by atoms with Gasteiger partial charge in [0.15, 0.2) is 0 Å². The maximum Gasteiger partial charge on any atom is 0.322 e. The van der Waals surface area contributed by atoms with E-state index >= 15 is 0 Å². The largest absolute Gasteiger partial charge is 0.493 e. The first kappa shape index (κ1) is 17.8. The summed E-state index contributed by atoms with van der Waals surface area (Å²) < 4.78 is 5.51. The van der Waals surface area contributed by atoms with E-state index in [0.29, 0.717) is 39.0 Å². The SMILES string of the molecule is O=C(O)CNC(=O)C1CCN(C(=O)CCOc2ccccc2)CC1. The molecular weight excluding hydrogens is 312 g/mol. The van der Waals surface area contributed by atoms with Crippen LogP contribution in [0, 0.1) is 5.92 Å². The van der Waals surface area contributed by atoms with Crippen molar-refractivity contribution in [2.24, 2.45) is 5.92 Å². The first-order chi connectivity index (χ1) is 11.6. The summed E-state index contributed by atoms with van der Waals surface area (Å²) in [5.74, 6) is -0.797. The number of rotatable bonds is 7. The first-order valence-corrected chi connectivity index (χ1v) is 8.01. The van der Waals surface area contributed by atoms with E-state index in [0.717, 1.165) is 5.75 Å². The van der Waals surface area contributed by atoms with Crippen LogP contribution in [-0.4, -0.2) is 54.0 Å². The number of likely N-dealkylation sites (tertiary alicyclic amines) is 1. The number of carboxylic acid groups (broad SMARTS) is 1. The summed E-state index contributed by atoms with van der Waals surface area (Å²) in [6, 6.07) is 9.32. The lowest BCUT2D eigenvalue weighted by molar-refractivity contribution is -0.139. The molecule has 0 saturated carbocycles. The summed E-state index contributed by atoms with van der Waals surface area (Å²) in [5, 5.41) is 10.9. The molecule has 130 valence electrons. The van der Waals surface area contributed by atoms with Crippen LogP contribution in [0.25, 0.3) is 0 Å². The number of piperidine rings is 1. The van der Waals surface area contributed by atoms with Gasteiger partial charge in [-0.1, -0.05) is 18.2 Å². The number of carboxylic acids is 1. The van der Waals surface area contributed by atoms with Crippen LogP contribution in [0.5, 0.6) is 5.75 Å². The molecule has 2 N–H and O–H groups in total. The highest BCUT2D eigenvalue weighted by Crippen LogP contribution is 2.18. The van der Waals surface area contributed by atoms with Gasteiger partial charge in [-0.25, -0.2) is 0 Å². The Labute approximate surface area is 140 Å². The Kier molecular flexibility index (Phi) is 6.60. The van der Waals surface area contributed by atoms with Gasteiger partial charge in [0.1, 0.15) is 12.3 Å². The molecule has 0 unspecified atom stereocenters. The number of nitrogens with zero attached hydrogens (tertiary/aromatic N) is 1. The summed E-state index contributed by atoms with van der Waals surface area (Å²) in [4.78, 5) is 36.1. The van der Waals surface area contributed by atoms with E-state index in [1.807, 2.05) is 30.3 Å². The van der Waals surface area contributed by atoms with Gasteiger partial charge in [-0.05, 0) is 25.0 Å². The van der Waals surface area contributed by atoms with E-state index in [-0.39, 0.29) is 24.3 Å². The minimum Gasteiger partial charge on any atom is -0.493 e. The van der Waals surface area contributed by atoms with Crippen LogP contribution in [0.2, 0.25) is 0 Å². The molecule has 7 nitrogen and oxygen atoms in total. The second kappa shape index (κ2) is 8.90. The van der Waals surface area contributed by atoms with Crippen LogP contribution in [0.4, 0.5) is 0 Å². The molecule has 7 heteroatoms. The van der Waals surface area contributed by atoms with Crippen LogP contribution in [0.15, 0.2) is 30.3 Å². The predicted molar refractivity (Wildman–Crippen MR) is 86.5 cm³/mol. The third-order valence-corrected chi connectivity index (χ3v) is 3.96. The molecule has 1 fully saturated rings. The van der Waals surface area contributed by atoms with Gasteiger partial charge >= 0.3 is 5.97 Å². The molecule has 1 aliphatic heterocycles. The average molecular weight is 334 g/mol. The van der Waals surface area contributed by atoms with E-state index in [1.54, 1.807) is 4.90 Å². The second-order valence-electron chi connectivity index (χ2n) is 5.68. The van der Waals surface area contributed by atoms with Crippen molar-refractivity contribution >= 4 is 17.8 Å². The molecule has 1 aromatic rings. The fourth-order valence-electron chi connectivity index (χ4n) is 2.63. The molecule has 0 bridgehead atoms. The highest BCUT2D eigenvalue weighted by Gasteiger charge is 2.27. The van der Waals surface area contributed by atoms with Crippen molar-refractivity contribution in [3.8, 4) is 5.75 Å². The van der Waals surface area contributed by atoms with Crippen LogP contribution in [0.3, 0.4) is 0 Å². The molecule has 1 heterocycles. The van der Waals surface area contributed by atoms with Crippen molar-refractivity contribution in [2.75, 3.05) is 26.2 Å². The molecule has 0 spiro atoms. The monoisotopic (exact) mass is 334 g/mol. The second-order valence-corrected chi connectivity index (χ2v) is 5.68. The Morgan fingerprint density at radius 3 is 2.46 bits per heavy atom. The zero-order chi connectivity index (χ0) is 17.4. The zero-order valence-electron chi connectivity index (χ0n) is 13.4. The maximum atomic E-state index is 12.1.